The van der Waals surface area contributed by atoms with Crippen molar-refractivity contribution in [3.05, 3.63) is 35.4 Å². The average Bonchev–Trinajstić information content (AvgIpc) is 2.61. The van der Waals surface area contributed by atoms with Gasteiger partial charge in [0, 0.05) is 5.56 Å². The number of thioether (sulfide) groups is 1. The van der Waals surface area contributed by atoms with E-state index in [0.717, 1.165) is 11.8 Å². The van der Waals surface area contributed by atoms with E-state index >= 15 is 0 Å². The predicted octanol–water partition coefficient (Wildman–Crippen LogP) is 1.04. The summed E-state index contributed by atoms with van der Waals surface area (Å²) in [7, 11) is 0. The van der Waals surface area contributed by atoms with E-state index < -0.39 is 23.9 Å². The van der Waals surface area contributed by atoms with E-state index in [2.05, 4.69) is 0 Å². The van der Waals surface area contributed by atoms with Crippen molar-refractivity contribution >= 4 is 29.6 Å². The number of benzene rings is 1. The zero-order valence-corrected chi connectivity index (χ0v) is 10.6. The molecule has 2 N–H and O–H groups in total. The lowest BCUT2D eigenvalue weighted by molar-refractivity contribution is -0.137. The van der Waals surface area contributed by atoms with Gasteiger partial charge >= 0.3 is 11.9 Å². The molecule has 0 saturated heterocycles. The summed E-state index contributed by atoms with van der Waals surface area (Å²) in [6.07, 6.45) is 0. The summed E-state index contributed by atoms with van der Waals surface area (Å²) in [5.41, 5.74) is 1.10. The number of hydrogen-bond donors (Lipinski definition) is 2. The highest BCUT2D eigenvalue weighted by atomic mass is 32.2. The molecular formula is C12H11NO5S. The number of carbonyl (C=O) groups is 3. The van der Waals surface area contributed by atoms with Crippen LogP contribution in [0, 0.1) is 0 Å². The van der Waals surface area contributed by atoms with Gasteiger partial charge in [0.2, 0.25) is 0 Å². The maximum absolute atomic E-state index is 12.1. The van der Waals surface area contributed by atoms with Crippen LogP contribution in [0.4, 0.5) is 0 Å². The third kappa shape index (κ3) is 2.70. The van der Waals surface area contributed by atoms with Gasteiger partial charge in [0.25, 0.3) is 5.91 Å². The Morgan fingerprint density at radius 2 is 1.89 bits per heavy atom. The molecule has 1 aliphatic heterocycles. The first-order valence-corrected chi connectivity index (χ1v) is 6.50. The Balaban J connectivity index is 2.30. The summed E-state index contributed by atoms with van der Waals surface area (Å²) in [5.74, 6) is -2.69. The Labute approximate surface area is 113 Å². The Bertz CT molecular complexity index is 545. The van der Waals surface area contributed by atoms with Gasteiger partial charge in [-0.1, -0.05) is 18.2 Å². The first kappa shape index (κ1) is 13.4. The van der Waals surface area contributed by atoms with Crippen molar-refractivity contribution in [2.75, 3.05) is 12.3 Å². The molecule has 1 atom stereocenters. The molecule has 1 aromatic rings. The van der Waals surface area contributed by atoms with Crippen molar-refractivity contribution in [3.63, 3.8) is 0 Å². The topological polar surface area (TPSA) is 94.9 Å². The summed E-state index contributed by atoms with van der Waals surface area (Å²) in [6, 6.07) is 6.77. The van der Waals surface area contributed by atoms with Gasteiger partial charge < -0.3 is 15.1 Å². The normalized spacial score (nSPS) is 17.4. The van der Waals surface area contributed by atoms with Gasteiger partial charge in [-0.3, -0.25) is 14.4 Å². The van der Waals surface area contributed by atoms with Crippen LogP contribution < -0.4 is 0 Å². The fourth-order valence-corrected chi connectivity index (χ4v) is 3.00. The molecule has 7 heteroatoms. The molecule has 1 aliphatic rings. The zero-order chi connectivity index (χ0) is 14.0. The number of carbonyl (C=O) groups excluding carboxylic acids is 1. The van der Waals surface area contributed by atoms with Gasteiger partial charge in [-0.2, -0.15) is 0 Å². The van der Waals surface area contributed by atoms with E-state index in [1.54, 1.807) is 24.3 Å². The van der Waals surface area contributed by atoms with Gasteiger partial charge in [-0.05, 0) is 11.6 Å². The maximum atomic E-state index is 12.1. The number of amides is 1. The zero-order valence-electron chi connectivity index (χ0n) is 9.78. The monoisotopic (exact) mass is 281 g/mol. The van der Waals surface area contributed by atoms with Gasteiger partial charge in [0.05, 0.1) is 5.75 Å². The van der Waals surface area contributed by atoms with Crippen molar-refractivity contribution in [1.82, 2.24) is 4.90 Å². The molecule has 0 radical (unpaired) electrons. The van der Waals surface area contributed by atoms with E-state index in [-0.39, 0.29) is 11.7 Å². The number of hydrogen-bond acceptors (Lipinski definition) is 4. The molecule has 1 unspecified atom stereocenters. The highest BCUT2D eigenvalue weighted by Crippen LogP contribution is 2.40. The Morgan fingerprint density at radius 3 is 2.53 bits per heavy atom. The molecular weight excluding hydrogens is 270 g/mol. The summed E-state index contributed by atoms with van der Waals surface area (Å²) in [5, 5.41) is 17.0. The lowest BCUT2D eigenvalue weighted by Gasteiger charge is -2.22. The fraction of sp³-hybridized carbons (Fsp3) is 0.250. The number of carboxylic acids is 2. The van der Waals surface area contributed by atoms with Crippen LogP contribution in [0.25, 0.3) is 0 Å². The number of rotatable bonds is 5. The molecule has 0 bridgehead atoms. The number of carboxylic acid groups (broad SMARTS) is 2. The molecule has 19 heavy (non-hydrogen) atoms. The molecule has 1 amide bonds. The average molecular weight is 281 g/mol. The minimum Gasteiger partial charge on any atom is -0.481 e. The van der Waals surface area contributed by atoms with Crippen LogP contribution >= 0.6 is 11.8 Å². The Morgan fingerprint density at radius 1 is 1.21 bits per heavy atom. The molecule has 0 aliphatic carbocycles. The van der Waals surface area contributed by atoms with E-state index in [1.807, 2.05) is 0 Å². The Hall–Kier alpha value is -2.02. The van der Waals surface area contributed by atoms with Crippen LogP contribution in [-0.2, 0) is 9.59 Å². The standard InChI is InChI=1S/C12H11NO5S/c14-9(15)5-13-11(18)7-3-1-2-4-8(7)12(13)19-6-10(16)17/h1-4,12H,5-6H2,(H,14,15)(H,16,17). The highest BCUT2D eigenvalue weighted by Gasteiger charge is 2.37. The summed E-state index contributed by atoms with van der Waals surface area (Å²) < 4.78 is 0. The summed E-state index contributed by atoms with van der Waals surface area (Å²) >= 11 is 1.03. The van der Waals surface area contributed by atoms with Gasteiger partial charge in [0.1, 0.15) is 11.9 Å². The molecule has 100 valence electrons. The molecule has 6 nitrogen and oxygen atoms in total. The van der Waals surface area contributed by atoms with E-state index in [1.165, 1.54) is 4.90 Å². The lowest BCUT2D eigenvalue weighted by atomic mass is 10.1. The quantitative estimate of drug-likeness (QED) is 0.837. The number of aliphatic carboxylic acids is 2. The van der Waals surface area contributed by atoms with Crippen molar-refractivity contribution in [2.24, 2.45) is 0 Å². The van der Waals surface area contributed by atoms with Crippen molar-refractivity contribution in [1.29, 1.82) is 0 Å². The van der Waals surface area contributed by atoms with Crippen LogP contribution in [0.2, 0.25) is 0 Å². The number of fused-ring (bicyclic) bond motifs is 1. The van der Waals surface area contributed by atoms with Crippen LogP contribution in [0.15, 0.2) is 24.3 Å². The van der Waals surface area contributed by atoms with Crippen molar-refractivity contribution in [3.8, 4) is 0 Å². The van der Waals surface area contributed by atoms with Gasteiger partial charge in [0.15, 0.2) is 0 Å². The Kier molecular flexibility index (Phi) is 3.75. The smallest absolute Gasteiger partial charge is 0.323 e. The second-order valence-electron chi connectivity index (χ2n) is 3.97. The van der Waals surface area contributed by atoms with Crippen molar-refractivity contribution < 1.29 is 24.6 Å². The van der Waals surface area contributed by atoms with Gasteiger partial charge in [-0.15, -0.1) is 11.8 Å². The minimum atomic E-state index is -1.12. The molecule has 0 fully saturated rings. The van der Waals surface area contributed by atoms with Crippen LogP contribution in [0.1, 0.15) is 21.3 Å². The van der Waals surface area contributed by atoms with E-state index in [4.69, 9.17) is 10.2 Å². The first-order valence-electron chi connectivity index (χ1n) is 5.46. The second-order valence-corrected chi connectivity index (χ2v) is 5.04. The minimum absolute atomic E-state index is 0.192. The summed E-state index contributed by atoms with van der Waals surface area (Å²) in [6.45, 7) is -0.440. The molecule has 1 aromatic carbocycles. The largest absolute Gasteiger partial charge is 0.481 e. The maximum Gasteiger partial charge on any atom is 0.323 e. The molecule has 1 heterocycles. The summed E-state index contributed by atoms with van der Waals surface area (Å²) in [4.78, 5) is 34.7. The molecule has 0 saturated carbocycles. The molecule has 2 rings (SSSR count). The van der Waals surface area contributed by atoms with Gasteiger partial charge in [-0.25, -0.2) is 0 Å². The van der Waals surface area contributed by atoms with Crippen LogP contribution in [0.3, 0.4) is 0 Å². The molecule has 0 aromatic heterocycles. The van der Waals surface area contributed by atoms with Crippen molar-refractivity contribution in [2.45, 2.75) is 5.37 Å². The highest BCUT2D eigenvalue weighted by molar-refractivity contribution is 8.00. The SMILES string of the molecule is O=C(O)CSC1c2ccccc2C(=O)N1CC(=O)O. The molecule has 0 spiro atoms. The third-order valence-corrected chi connectivity index (χ3v) is 3.91. The van der Waals surface area contributed by atoms with E-state index in [9.17, 15) is 14.4 Å². The third-order valence-electron chi connectivity index (χ3n) is 2.67. The lowest BCUT2D eigenvalue weighted by Crippen LogP contribution is -2.32. The first-order chi connectivity index (χ1) is 9.00. The predicted molar refractivity (Wildman–Crippen MR) is 67.9 cm³/mol. The number of nitrogens with zero attached hydrogens (tertiary/aromatic N) is 1. The van der Waals surface area contributed by atoms with Crippen LogP contribution in [0.5, 0.6) is 0 Å². The fourth-order valence-electron chi connectivity index (χ4n) is 1.97. The van der Waals surface area contributed by atoms with E-state index in [0.29, 0.717) is 11.1 Å². The second kappa shape index (κ2) is 5.31. The van der Waals surface area contributed by atoms with Crippen LogP contribution in [-0.4, -0.2) is 45.3 Å².